The fraction of sp³-hybridized carbons (Fsp3) is 0.333. The van der Waals surface area contributed by atoms with Crippen molar-refractivity contribution in [2.45, 2.75) is 18.7 Å². The monoisotopic (exact) mass is 314 g/mol. The zero-order valence-corrected chi connectivity index (χ0v) is 13.1. The van der Waals surface area contributed by atoms with E-state index >= 15 is 0 Å². The number of aryl methyl sites for hydroxylation is 1. The summed E-state index contributed by atoms with van der Waals surface area (Å²) in [5.74, 6) is 2.61. The van der Waals surface area contributed by atoms with Crippen molar-refractivity contribution < 1.29 is 13.9 Å². The van der Waals surface area contributed by atoms with Gasteiger partial charge in [-0.15, -0.1) is 11.6 Å². The van der Waals surface area contributed by atoms with E-state index in [0.717, 1.165) is 17.7 Å². The van der Waals surface area contributed by atoms with Crippen LogP contribution in [0, 0.1) is 0 Å². The lowest BCUT2D eigenvalue weighted by molar-refractivity contribution is 0.390. The molecule has 0 fully saturated rings. The van der Waals surface area contributed by atoms with Gasteiger partial charge in [0.1, 0.15) is 33.4 Å². The van der Waals surface area contributed by atoms with Crippen LogP contribution in [-0.4, -0.2) is 14.2 Å². The summed E-state index contributed by atoms with van der Waals surface area (Å²) in [7, 11) is 3.10. The molecule has 5 heteroatoms. The van der Waals surface area contributed by atoms with E-state index in [-0.39, 0.29) is 0 Å². The van der Waals surface area contributed by atoms with Crippen LogP contribution in [0.1, 0.15) is 29.4 Å². The van der Waals surface area contributed by atoms with Crippen molar-refractivity contribution in [1.82, 2.24) is 0 Å². The predicted molar refractivity (Wildman–Crippen MR) is 80.3 cm³/mol. The highest BCUT2D eigenvalue weighted by atomic mass is 35.5. The van der Waals surface area contributed by atoms with Gasteiger partial charge >= 0.3 is 0 Å². The average Bonchev–Trinajstić information content (AvgIpc) is 2.95. The first-order chi connectivity index (χ1) is 9.62. The summed E-state index contributed by atoms with van der Waals surface area (Å²) < 4.78 is 16.2. The molecule has 0 amide bonds. The van der Waals surface area contributed by atoms with Crippen molar-refractivity contribution in [2.75, 3.05) is 14.2 Å². The van der Waals surface area contributed by atoms with Crippen LogP contribution >= 0.6 is 23.2 Å². The number of alkyl halides is 1. The zero-order chi connectivity index (χ0) is 14.7. The van der Waals surface area contributed by atoms with Crippen LogP contribution in [0.3, 0.4) is 0 Å². The van der Waals surface area contributed by atoms with Crippen LogP contribution in [0.4, 0.5) is 0 Å². The second kappa shape index (κ2) is 6.42. The van der Waals surface area contributed by atoms with Gasteiger partial charge in [-0.05, 0) is 24.3 Å². The summed E-state index contributed by atoms with van der Waals surface area (Å²) in [5.41, 5.74) is 0.747. The molecule has 1 heterocycles. The van der Waals surface area contributed by atoms with E-state index in [0.29, 0.717) is 22.3 Å². The van der Waals surface area contributed by atoms with Crippen molar-refractivity contribution in [2.24, 2.45) is 0 Å². The van der Waals surface area contributed by atoms with Crippen molar-refractivity contribution in [1.29, 1.82) is 0 Å². The molecule has 0 N–H and O–H groups in total. The van der Waals surface area contributed by atoms with Gasteiger partial charge in [0, 0.05) is 12.0 Å². The SMILES string of the molecule is CCc1ccc(C(Cl)c2ccc(OC)c(Cl)c2OC)o1. The Balaban J connectivity index is 2.43. The number of methoxy groups -OCH3 is 2. The standard InChI is InChI=1S/C15H16Cl2O3/c1-4-9-5-7-12(20-9)13(16)10-6-8-11(18-2)14(17)15(10)19-3/h5-8,13H,4H2,1-3H3. The minimum absolute atomic E-state index is 0.403. The molecular formula is C15H16Cl2O3. The second-order valence-corrected chi connectivity index (χ2v) is 5.04. The van der Waals surface area contributed by atoms with Gasteiger partial charge in [0.05, 0.1) is 14.2 Å². The summed E-state index contributed by atoms with van der Waals surface area (Å²) in [6, 6.07) is 7.38. The van der Waals surface area contributed by atoms with E-state index in [2.05, 4.69) is 0 Å². The Morgan fingerprint density at radius 2 is 1.90 bits per heavy atom. The first kappa shape index (κ1) is 15.1. The fourth-order valence-corrected chi connectivity index (χ4v) is 2.61. The van der Waals surface area contributed by atoms with Crippen molar-refractivity contribution in [3.63, 3.8) is 0 Å². The summed E-state index contributed by atoms with van der Waals surface area (Å²) in [6.45, 7) is 2.02. The van der Waals surface area contributed by atoms with E-state index in [1.54, 1.807) is 20.3 Å². The van der Waals surface area contributed by atoms with Crippen LogP contribution < -0.4 is 9.47 Å². The summed E-state index contributed by atoms with van der Waals surface area (Å²) in [6.07, 6.45) is 0.824. The third-order valence-corrected chi connectivity index (χ3v) is 3.88. The van der Waals surface area contributed by atoms with Gasteiger partial charge in [0.2, 0.25) is 0 Å². The van der Waals surface area contributed by atoms with E-state index in [9.17, 15) is 0 Å². The van der Waals surface area contributed by atoms with Gasteiger partial charge in [-0.1, -0.05) is 18.5 Å². The minimum Gasteiger partial charge on any atom is -0.495 e. The van der Waals surface area contributed by atoms with E-state index < -0.39 is 5.38 Å². The maximum absolute atomic E-state index is 6.48. The zero-order valence-electron chi connectivity index (χ0n) is 11.6. The molecule has 0 saturated heterocycles. The second-order valence-electron chi connectivity index (χ2n) is 4.22. The molecule has 0 bridgehead atoms. The lowest BCUT2D eigenvalue weighted by Gasteiger charge is -2.15. The van der Waals surface area contributed by atoms with Crippen LogP contribution in [-0.2, 0) is 6.42 Å². The minimum atomic E-state index is -0.464. The molecule has 0 saturated carbocycles. The quantitative estimate of drug-likeness (QED) is 0.740. The molecule has 1 atom stereocenters. The van der Waals surface area contributed by atoms with Gasteiger partial charge in [-0.3, -0.25) is 0 Å². The molecule has 2 rings (SSSR count). The smallest absolute Gasteiger partial charge is 0.146 e. The number of halogens is 2. The number of ether oxygens (including phenoxy) is 2. The molecule has 108 valence electrons. The van der Waals surface area contributed by atoms with Gasteiger partial charge in [-0.25, -0.2) is 0 Å². The molecule has 1 aromatic carbocycles. The van der Waals surface area contributed by atoms with E-state index in [4.69, 9.17) is 37.1 Å². The largest absolute Gasteiger partial charge is 0.495 e. The molecule has 1 unspecified atom stereocenters. The third-order valence-electron chi connectivity index (χ3n) is 3.07. The number of rotatable bonds is 5. The first-order valence-electron chi connectivity index (χ1n) is 6.25. The predicted octanol–water partition coefficient (Wildman–Crippen LogP) is 4.84. The van der Waals surface area contributed by atoms with Crippen molar-refractivity contribution in [3.05, 3.63) is 46.4 Å². The molecule has 0 aliphatic rings. The summed E-state index contributed by atoms with van der Waals surface area (Å²) in [5, 5.41) is -0.0610. The molecule has 1 aromatic heterocycles. The Hall–Kier alpha value is -1.32. The maximum Gasteiger partial charge on any atom is 0.146 e. The molecule has 0 aliphatic carbocycles. The van der Waals surface area contributed by atoms with E-state index in [1.165, 1.54) is 0 Å². The van der Waals surface area contributed by atoms with Crippen molar-refractivity contribution >= 4 is 23.2 Å². The molecule has 0 spiro atoms. The number of furan rings is 1. The highest BCUT2D eigenvalue weighted by Crippen LogP contribution is 2.43. The molecule has 3 nitrogen and oxygen atoms in total. The van der Waals surface area contributed by atoms with Crippen LogP contribution in [0.2, 0.25) is 5.02 Å². The summed E-state index contributed by atoms with van der Waals surface area (Å²) >= 11 is 12.7. The molecule has 2 aromatic rings. The number of benzene rings is 1. The number of hydrogen-bond acceptors (Lipinski definition) is 3. The molecule has 0 aliphatic heterocycles. The Labute approximate surface area is 128 Å². The van der Waals surface area contributed by atoms with Crippen LogP contribution in [0.5, 0.6) is 11.5 Å². The maximum atomic E-state index is 6.48. The summed E-state index contributed by atoms with van der Waals surface area (Å²) in [4.78, 5) is 0. The highest BCUT2D eigenvalue weighted by molar-refractivity contribution is 6.34. The van der Waals surface area contributed by atoms with Crippen LogP contribution in [0.15, 0.2) is 28.7 Å². The van der Waals surface area contributed by atoms with Crippen molar-refractivity contribution in [3.8, 4) is 11.5 Å². The molecule has 20 heavy (non-hydrogen) atoms. The van der Waals surface area contributed by atoms with Crippen LogP contribution in [0.25, 0.3) is 0 Å². The Bertz CT molecular complexity index is 593. The Morgan fingerprint density at radius 1 is 1.15 bits per heavy atom. The lowest BCUT2D eigenvalue weighted by Crippen LogP contribution is -1.98. The molecule has 0 radical (unpaired) electrons. The number of hydrogen-bond donors (Lipinski definition) is 0. The molecular weight excluding hydrogens is 299 g/mol. The highest BCUT2D eigenvalue weighted by Gasteiger charge is 2.22. The third kappa shape index (κ3) is 2.74. The average molecular weight is 315 g/mol. The van der Waals surface area contributed by atoms with E-state index in [1.807, 2.05) is 25.1 Å². The first-order valence-corrected chi connectivity index (χ1v) is 7.06. The lowest BCUT2D eigenvalue weighted by atomic mass is 10.1. The topological polar surface area (TPSA) is 31.6 Å². The fourth-order valence-electron chi connectivity index (χ4n) is 1.99. The normalized spacial score (nSPS) is 12.2. The Morgan fingerprint density at radius 3 is 2.45 bits per heavy atom. The van der Waals surface area contributed by atoms with Gasteiger partial charge in [0.25, 0.3) is 0 Å². The Kier molecular flexibility index (Phi) is 4.84. The van der Waals surface area contributed by atoms with Gasteiger partial charge < -0.3 is 13.9 Å². The van der Waals surface area contributed by atoms with Gasteiger partial charge in [0.15, 0.2) is 0 Å². The van der Waals surface area contributed by atoms with Gasteiger partial charge in [-0.2, -0.15) is 0 Å².